The van der Waals surface area contributed by atoms with Crippen molar-refractivity contribution in [2.24, 2.45) is 0 Å². The van der Waals surface area contributed by atoms with Crippen molar-refractivity contribution < 1.29 is 27.3 Å². The van der Waals surface area contributed by atoms with E-state index in [9.17, 15) is 18.0 Å². The normalized spacial score (nSPS) is 18.1. The van der Waals surface area contributed by atoms with Crippen molar-refractivity contribution in [3.63, 3.8) is 0 Å². The van der Waals surface area contributed by atoms with Crippen molar-refractivity contribution in [2.75, 3.05) is 0 Å². The maximum Gasteiger partial charge on any atom is 0.360 e. The topological polar surface area (TPSA) is 97.7 Å². The Hall–Kier alpha value is -1.21. The molecule has 1 aliphatic rings. The van der Waals surface area contributed by atoms with E-state index in [2.05, 4.69) is 4.74 Å². The van der Waals surface area contributed by atoms with Gasteiger partial charge in [-0.25, -0.2) is 9.59 Å². The van der Waals surface area contributed by atoms with Gasteiger partial charge in [-0.1, -0.05) is 0 Å². The van der Waals surface area contributed by atoms with E-state index in [4.69, 9.17) is 4.55 Å². The largest absolute Gasteiger partial charge is 0.386 e. The standard InChI is InChI=1S/C4H2O6S/c5-3-1-2(4(6)10-3)11(7,8)9/h1H,(H,7,8,9). The molecule has 0 unspecified atom stereocenters. The monoisotopic (exact) mass is 178 g/mol. The van der Waals surface area contributed by atoms with Crippen molar-refractivity contribution in [1.29, 1.82) is 0 Å². The zero-order valence-corrected chi connectivity index (χ0v) is 5.79. The lowest BCUT2D eigenvalue weighted by atomic mass is 10.6. The first-order valence-electron chi connectivity index (χ1n) is 2.36. The summed E-state index contributed by atoms with van der Waals surface area (Å²) in [5.74, 6) is -2.44. The molecule has 1 heterocycles. The molecular weight excluding hydrogens is 176 g/mol. The predicted molar refractivity (Wildman–Crippen MR) is 30.7 cm³/mol. The Bertz CT molecular complexity index is 347. The molecule has 0 spiro atoms. The van der Waals surface area contributed by atoms with Gasteiger partial charge in [0, 0.05) is 0 Å². The van der Waals surface area contributed by atoms with E-state index in [1.54, 1.807) is 0 Å². The Morgan fingerprint density at radius 2 is 1.91 bits per heavy atom. The van der Waals surface area contributed by atoms with Crippen LogP contribution in [0, 0.1) is 0 Å². The van der Waals surface area contributed by atoms with Crippen LogP contribution in [0.2, 0.25) is 0 Å². The fourth-order valence-corrected chi connectivity index (χ4v) is 1.01. The second kappa shape index (κ2) is 2.14. The second-order valence-electron chi connectivity index (χ2n) is 1.69. The van der Waals surface area contributed by atoms with E-state index >= 15 is 0 Å². The van der Waals surface area contributed by atoms with Crippen LogP contribution in [-0.2, 0) is 24.4 Å². The molecule has 0 fully saturated rings. The molecule has 1 aliphatic heterocycles. The highest BCUT2D eigenvalue weighted by Gasteiger charge is 2.32. The van der Waals surface area contributed by atoms with Crippen LogP contribution < -0.4 is 0 Å². The molecule has 0 radical (unpaired) electrons. The van der Waals surface area contributed by atoms with E-state index in [1.165, 1.54) is 0 Å². The zero-order valence-electron chi connectivity index (χ0n) is 4.97. The lowest BCUT2D eigenvalue weighted by Crippen LogP contribution is -2.09. The van der Waals surface area contributed by atoms with Crippen LogP contribution in [0.3, 0.4) is 0 Å². The molecule has 60 valence electrons. The van der Waals surface area contributed by atoms with Crippen LogP contribution >= 0.6 is 0 Å². The van der Waals surface area contributed by atoms with Crippen molar-refractivity contribution in [2.45, 2.75) is 0 Å². The molecule has 1 rings (SSSR count). The highest BCUT2D eigenvalue weighted by molar-refractivity contribution is 7.90. The van der Waals surface area contributed by atoms with Gasteiger partial charge >= 0.3 is 22.1 Å². The Kier molecular flexibility index (Phi) is 1.53. The summed E-state index contributed by atoms with van der Waals surface area (Å²) in [5.41, 5.74) is 0. The number of rotatable bonds is 1. The molecule has 11 heavy (non-hydrogen) atoms. The Morgan fingerprint density at radius 1 is 1.36 bits per heavy atom. The quantitative estimate of drug-likeness (QED) is 0.309. The fraction of sp³-hybridized carbons (Fsp3) is 0. The average molecular weight is 178 g/mol. The lowest BCUT2D eigenvalue weighted by molar-refractivity contribution is -0.150. The van der Waals surface area contributed by atoms with Gasteiger partial charge in [0.25, 0.3) is 0 Å². The summed E-state index contributed by atoms with van der Waals surface area (Å²) in [6.45, 7) is 0. The third-order valence-corrected chi connectivity index (χ3v) is 1.76. The van der Waals surface area contributed by atoms with E-state index in [0.717, 1.165) is 0 Å². The third kappa shape index (κ3) is 1.44. The number of carbonyl (C=O) groups is 2. The summed E-state index contributed by atoms with van der Waals surface area (Å²) in [5, 5.41) is 0. The molecule has 0 bridgehead atoms. The van der Waals surface area contributed by atoms with Crippen LogP contribution in [0.4, 0.5) is 0 Å². The molecule has 0 aromatic carbocycles. The SMILES string of the molecule is O=C1C=C(S(=O)(=O)O)C(=O)O1. The zero-order chi connectivity index (χ0) is 8.65. The Balaban J connectivity index is 3.18. The summed E-state index contributed by atoms with van der Waals surface area (Å²) < 4.78 is 32.5. The Labute approximate surface area is 61.2 Å². The van der Waals surface area contributed by atoms with Crippen LogP contribution in [0.25, 0.3) is 0 Å². The maximum absolute atomic E-state index is 10.4. The summed E-state index contributed by atoms with van der Waals surface area (Å²) in [6, 6.07) is 0. The van der Waals surface area contributed by atoms with Gasteiger partial charge in [-0.05, 0) is 0 Å². The maximum atomic E-state index is 10.4. The van der Waals surface area contributed by atoms with Gasteiger partial charge in [-0.15, -0.1) is 0 Å². The lowest BCUT2D eigenvalue weighted by Gasteiger charge is -1.90. The van der Waals surface area contributed by atoms with Crippen LogP contribution in [0.1, 0.15) is 0 Å². The van der Waals surface area contributed by atoms with Crippen molar-refractivity contribution in [3.8, 4) is 0 Å². The summed E-state index contributed by atoms with van der Waals surface area (Å²) in [7, 11) is -4.62. The summed E-state index contributed by atoms with van der Waals surface area (Å²) in [6.07, 6.45) is 0.414. The molecule has 0 aromatic rings. The molecule has 0 saturated heterocycles. The highest BCUT2D eigenvalue weighted by Crippen LogP contribution is 2.12. The number of esters is 2. The van der Waals surface area contributed by atoms with Gasteiger partial charge in [-0.3, -0.25) is 4.55 Å². The first kappa shape index (κ1) is 7.89. The van der Waals surface area contributed by atoms with E-state index < -0.39 is 27.0 Å². The number of hydrogen-bond donors (Lipinski definition) is 1. The number of carbonyl (C=O) groups excluding carboxylic acids is 2. The minimum atomic E-state index is -4.62. The van der Waals surface area contributed by atoms with E-state index in [1.807, 2.05) is 0 Å². The highest BCUT2D eigenvalue weighted by atomic mass is 32.2. The molecule has 7 heteroatoms. The van der Waals surface area contributed by atoms with Crippen molar-refractivity contribution in [3.05, 3.63) is 11.0 Å². The van der Waals surface area contributed by atoms with Gasteiger partial charge in [0.15, 0.2) is 4.91 Å². The molecule has 6 nitrogen and oxygen atoms in total. The van der Waals surface area contributed by atoms with Gasteiger partial charge in [0.05, 0.1) is 6.08 Å². The molecule has 0 amide bonds. The van der Waals surface area contributed by atoms with Gasteiger partial charge in [0.2, 0.25) is 0 Å². The van der Waals surface area contributed by atoms with Gasteiger partial charge in [0.1, 0.15) is 0 Å². The molecule has 0 atom stereocenters. The van der Waals surface area contributed by atoms with Crippen molar-refractivity contribution >= 4 is 22.1 Å². The fourth-order valence-electron chi connectivity index (χ4n) is 0.517. The average Bonchev–Trinajstić information content (AvgIpc) is 2.08. The smallest absolute Gasteiger partial charge is 0.360 e. The Morgan fingerprint density at radius 3 is 2.09 bits per heavy atom. The minimum Gasteiger partial charge on any atom is -0.386 e. The minimum absolute atomic E-state index is 0.414. The van der Waals surface area contributed by atoms with Crippen molar-refractivity contribution in [1.82, 2.24) is 0 Å². The summed E-state index contributed by atoms with van der Waals surface area (Å²) >= 11 is 0. The van der Waals surface area contributed by atoms with E-state index in [-0.39, 0.29) is 0 Å². The van der Waals surface area contributed by atoms with E-state index in [0.29, 0.717) is 6.08 Å². The first-order valence-corrected chi connectivity index (χ1v) is 3.80. The summed E-state index contributed by atoms with van der Waals surface area (Å²) in [4.78, 5) is 19.6. The second-order valence-corrected chi connectivity index (χ2v) is 3.08. The molecule has 1 N–H and O–H groups in total. The molecule has 0 saturated carbocycles. The third-order valence-electron chi connectivity index (χ3n) is 0.921. The molecule has 0 aromatic heterocycles. The van der Waals surface area contributed by atoms with Crippen LogP contribution in [0.15, 0.2) is 11.0 Å². The molecule has 0 aliphatic carbocycles. The number of cyclic esters (lactones) is 2. The van der Waals surface area contributed by atoms with Gasteiger partial charge in [-0.2, -0.15) is 8.42 Å². The first-order chi connectivity index (χ1) is 4.91. The van der Waals surface area contributed by atoms with Crippen LogP contribution in [0.5, 0.6) is 0 Å². The van der Waals surface area contributed by atoms with Gasteiger partial charge < -0.3 is 4.74 Å². The number of ether oxygens (including phenoxy) is 1. The number of hydrogen-bond acceptors (Lipinski definition) is 5. The predicted octanol–water partition coefficient (Wildman–Crippen LogP) is -1.16. The molecular formula is C4H2O6S. The van der Waals surface area contributed by atoms with Crippen LogP contribution in [-0.4, -0.2) is 24.9 Å².